The Morgan fingerprint density at radius 3 is 2.71 bits per heavy atom. The van der Waals surface area contributed by atoms with Crippen LogP contribution in [0.15, 0.2) is 42.5 Å². The minimum absolute atomic E-state index is 0.112. The van der Waals surface area contributed by atoms with Crippen molar-refractivity contribution in [2.45, 2.75) is 13.3 Å². The lowest BCUT2D eigenvalue weighted by atomic mass is 10.1. The van der Waals surface area contributed by atoms with Gasteiger partial charge in [0.2, 0.25) is 0 Å². The first kappa shape index (κ1) is 15.2. The second-order valence-corrected chi connectivity index (χ2v) is 4.94. The van der Waals surface area contributed by atoms with Gasteiger partial charge in [0, 0.05) is 11.4 Å². The second kappa shape index (κ2) is 6.99. The highest BCUT2D eigenvalue weighted by atomic mass is 35.5. The fourth-order valence-electron chi connectivity index (χ4n) is 1.90. The van der Waals surface area contributed by atoms with E-state index in [9.17, 15) is 4.79 Å². The third-order valence-electron chi connectivity index (χ3n) is 3.01. The molecule has 2 rings (SSSR count). The minimum Gasteiger partial charge on any atom is -0.482 e. The molecule has 0 saturated carbocycles. The molecule has 0 bridgehead atoms. The molecule has 0 unspecified atom stereocenters. The molecular formula is C16H17ClN2O2. The number of hydrogen-bond acceptors (Lipinski definition) is 3. The van der Waals surface area contributed by atoms with E-state index in [4.69, 9.17) is 22.1 Å². The molecule has 5 heteroatoms. The predicted octanol–water partition coefficient (Wildman–Crippen LogP) is 3.50. The van der Waals surface area contributed by atoms with Crippen LogP contribution in [0.4, 0.5) is 11.4 Å². The highest BCUT2D eigenvalue weighted by Gasteiger charge is 2.07. The Balaban J connectivity index is 1.93. The summed E-state index contributed by atoms with van der Waals surface area (Å²) in [6.07, 6.45) is 0.857. The van der Waals surface area contributed by atoms with Crippen LogP contribution in [0.5, 0.6) is 5.75 Å². The van der Waals surface area contributed by atoms with E-state index in [2.05, 4.69) is 5.32 Å². The number of benzene rings is 2. The number of hydrogen-bond donors (Lipinski definition) is 2. The Bertz CT molecular complexity index is 644. The minimum atomic E-state index is -0.265. The number of nitrogens with one attached hydrogen (secondary N) is 1. The van der Waals surface area contributed by atoms with E-state index < -0.39 is 0 Å². The maximum absolute atomic E-state index is 11.8. The van der Waals surface area contributed by atoms with Crippen molar-refractivity contribution in [1.29, 1.82) is 0 Å². The van der Waals surface area contributed by atoms with Crippen LogP contribution in [-0.4, -0.2) is 12.5 Å². The van der Waals surface area contributed by atoms with Crippen molar-refractivity contribution in [2.24, 2.45) is 0 Å². The molecule has 0 atom stereocenters. The number of carbonyl (C=O) groups is 1. The normalized spacial score (nSPS) is 10.2. The number of nitrogens with two attached hydrogens (primary N) is 1. The van der Waals surface area contributed by atoms with Crippen LogP contribution in [0.2, 0.25) is 5.02 Å². The Morgan fingerprint density at radius 1 is 1.29 bits per heavy atom. The number of para-hydroxylation sites is 1. The summed E-state index contributed by atoms with van der Waals surface area (Å²) in [5.74, 6) is 0.216. The van der Waals surface area contributed by atoms with Crippen LogP contribution < -0.4 is 15.8 Å². The molecule has 4 nitrogen and oxygen atoms in total. The number of amides is 1. The van der Waals surface area contributed by atoms with Crippen molar-refractivity contribution >= 4 is 28.9 Å². The first-order valence-corrected chi connectivity index (χ1v) is 7.03. The molecule has 1 amide bonds. The largest absolute Gasteiger partial charge is 0.482 e. The van der Waals surface area contributed by atoms with Crippen molar-refractivity contribution in [1.82, 2.24) is 0 Å². The Labute approximate surface area is 128 Å². The van der Waals surface area contributed by atoms with Gasteiger partial charge in [-0.1, -0.05) is 36.7 Å². The summed E-state index contributed by atoms with van der Waals surface area (Å²) in [4.78, 5) is 11.8. The molecular weight excluding hydrogens is 288 g/mol. The number of nitrogen functional groups attached to an aromatic ring is 1. The van der Waals surface area contributed by atoms with Gasteiger partial charge in [0.05, 0.1) is 5.02 Å². The summed E-state index contributed by atoms with van der Waals surface area (Å²) in [7, 11) is 0. The van der Waals surface area contributed by atoms with Crippen LogP contribution >= 0.6 is 11.6 Å². The van der Waals surface area contributed by atoms with Crippen molar-refractivity contribution in [3.8, 4) is 5.75 Å². The zero-order valence-corrected chi connectivity index (χ0v) is 12.5. The zero-order chi connectivity index (χ0) is 15.2. The fraction of sp³-hybridized carbons (Fsp3) is 0.188. The van der Waals surface area contributed by atoms with E-state index in [-0.39, 0.29) is 12.5 Å². The quantitative estimate of drug-likeness (QED) is 0.831. The van der Waals surface area contributed by atoms with Crippen LogP contribution in [0.1, 0.15) is 12.5 Å². The van der Waals surface area contributed by atoms with Gasteiger partial charge in [-0.2, -0.15) is 0 Å². The molecule has 2 aromatic carbocycles. The summed E-state index contributed by atoms with van der Waals surface area (Å²) < 4.78 is 5.37. The van der Waals surface area contributed by atoms with E-state index in [1.165, 1.54) is 0 Å². The standard InChI is InChI=1S/C16H17ClN2O2/c1-2-11-7-8-12(9-14(11)18)19-16(20)10-21-15-6-4-3-5-13(15)17/h3-9H,2,10,18H2,1H3,(H,19,20). The lowest BCUT2D eigenvalue weighted by Crippen LogP contribution is -2.20. The molecule has 21 heavy (non-hydrogen) atoms. The van der Waals surface area contributed by atoms with Crippen molar-refractivity contribution < 1.29 is 9.53 Å². The van der Waals surface area contributed by atoms with E-state index in [1.807, 2.05) is 19.1 Å². The number of carbonyl (C=O) groups excluding carboxylic acids is 1. The molecule has 0 aliphatic carbocycles. The summed E-state index contributed by atoms with van der Waals surface area (Å²) in [6.45, 7) is 1.92. The third kappa shape index (κ3) is 4.13. The first-order valence-electron chi connectivity index (χ1n) is 6.65. The van der Waals surface area contributed by atoms with Gasteiger partial charge >= 0.3 is 0 Å². The van der Waals surface area contributed by atoms with Gasteiger partial charge in [0.1, 0.15) is 5.75 Å². The molecule has 0 aromatic heterocycles. The molecule has 2 aromatic rings. The molecule has 0 radical (unpaired) electrons. The van der Waals surface area contributed by atoms with Gasteiger partial charge in [0.15, 0.2) is 6.61 Å². The number of anilines is 2. The van der Waals surface area contributed by atoms with Crippen molar-refractivity contribution in [3.05, 3.63) is 53.1 Å². The molecule has 0 heterocycles. The molecule has 0 spiro atoms. The SMILES string of the molecule is CCc1ccc(NC(=O)COc2ccccc2Cl)cc1N. The van der Waals surface area contributed by atoms with Crippen molar-refractivity contribution in [3.63, 3.8) is 0 Å². The maximum Gasteiger partial charge on any atom is 0.262 e. The fourth-order valence-corrected chi connectivity index (χ4v) is 2.09. The van der Waals surface area contributed by atoms with Crippen molar-refractivity contribution in [2.75, 3.05) is 17.7 Å². The maximum atomic E-state index is 11.8. The van der Waals surface area contributed by atoms with Gasteiger partial charge in [-0.3, -0.25) is 4.79 Å². The Hall–Kier alpha value is -2.20. The number of rotatable bonds is 5. The molecule has 3 N–H and O–H groups in total. The monoisotopic (exact) mass is 304 g/mol. The van der Waals surface area contributed by atoms with Gasteiger partial charge in [-0.25, -0.2) is 0 Å². The van der Waals surface area contributed by atoms with E-state index in [0.717, 1.165) is 12.0 Å². The summed E-state index contributed by atoms with van der Waals surface area (Å²) in [6, 6.07) is 12.5. The molecule has 0 aliphatic rings. The summed E-state index contributed by atoms with van der Waals surface area (Å²) >= 11 is 5.95. The van der Waals surface area contributed by atoms with Crippen LogP contribution in [-0.2, 0) is 11.2 Å². The van der Waals surface area contributed by atoms with E-state index >= 15 is 0 Å². The molecule has 0 aliphatic heterocycles. The predicted molar refractivity (Wildman–Crippen MR) is 85.8 cm³/mol. The zero-order valence-electron chi connectivity index (χ0n) is 11.7. The topological polar surface area (TPSA) is 64.3 Å². The Kier molecular flexibility index (Phi) is 5.06. The van der Waals surface area contributed by atoms with Gasteiger partial charge in [0.25, 0.3) is 5.91 Å². The summed E-state index contributed by atoms with van der Waals surface area (Å²) in [5, 5.41) is 3.21. The van der Waals surface area contributed by atoms with Gasteiger partial charge < -0.3 is 15.8 Å². The third-order valence-corrected chi connectivity index (χ3v) is 3.32. The van der Waals surface area contributed by atoms with Gasteiger partial charge in [-0.05, 0) is 36.2 Å². The van der Waals surface area contributed by atoms with E-state index in [0.29, 0.717) is 22.1 Å². The highest BCUT2D eigenvalue weighted by molar-refractivity contribution is 6.32. The average Bonchev–Trinajstić information content (AvgIpc) is 2.46. The van der Waals surface area contributed by atoms with Crippen LogP contribution in [0.3, 0.4) is 0 Å². The Morgan fingerprint density at radius 2 is 2.05 bits per heavy atom. The number of halogens is 1. The summed E-state index contributed by atoms with van der Waals surface area (Å²) in [5.41, 5.74) is 8.27. The molecule has 110 valence electrons. The first-order chi connectivity index (χ1) is 10.1. The smallest absolute Gasteiger partial charge is 0.262 e. The lowest BCUT2D eigenvalue weighted by molar-refractivity contribution is -0.118. The average molecular weight is 305 g/mol. The highest BCUT2D eigenvalue weighted by Crippen LogP contribution is 2.23. The van der Waals surface area contributed by atoms with Crippen LogP contribution in [0, 0.1) is 0 Å². The lowest BCUT2D eigenvalue weighted by Gasteiger charge is -2.10. The molecule has 0 fully saturated rings. The van der Waals surface area contributed by atoms with Gasteiger partial charge in [-0.15, -0.1) is 0 Å². The van der Waals surface area contributed by atoms with Crippen LogP contribution in [0.25, 0.3) is 0 Å². The molecule has 0 saturated heterocycles. The second-order valence-electron chi connectivity index (χ2n) is 4.53. The number of ether oxygens (including phenoxy) is 1. The van der Waals surface area contributed by atoms with E-state index in [1.54, 1.807) is 30.3 Å². The number of aryl methyl sites for hydroxylation is 1.